The number of carbonyl (C=O) groups is 2. The Morgan fingerprint density at radius 1 is 0.629 bits per heavy atom. The molecule has 2 aliphatic heterocycles. The molecular weight excluding hydrogens is 935 g/mol. The van der Waals surface area contributed by atoms with Crippen molar-refractivity contribution in [2.24, 2.45) is 11.8 Å². The largest absolute Gasteiger partial charge is 0.481 e. The van der Waals surface area contributed by atoms with Crippen molar-refractivity contribution in [1.82, 2.24) is 39.2 Å². The number of anilines is 6. The molecule has 8 aromatic rings. The van der Waals surface area contributed by atoms with Crippen LogP contribution >= 0.6 is 22.7 Å². The first kappa shape index (κ1) is 48.0. The van der Waals surface area contributed by atoms with Gasteiger partial charge in [-0.3, -0.25) is 9.59 Å². The minimum atomic E-state index is -0.724. The molecule has 10 rings (SSSR count). The molecule has 70 heavy (non-hydrogen) atoms. The Morgan fingerprint density at radius 3 is 1.43 bits per heavy atom. The lowest BCUT2D eigenvalue weighted by molar-refractivity contribution is -0.148. The lowest BCUT2D eigenvalue weighted by Gasteiger charge is -2.31. The van der Waals surface area contributed by atoms with E-state index >= 15 is 0 Å². The van der Waals surface area contributed by atoms with Gasteiger partial charge in [-0.1, -0.05) is 13.8 Å². The fraction of sp³-hybridized carbons (Fsp3) is 0.360. The molecule has 0 amide bonds. The van der Waals surface area contributed by atoms with Crippen LogP contribution in [0.4, 0.5) is 42.3 Å². The quantitative estimate of drug-likeness (QED) is 0.109. The van der Waals surface area contributed by atoms with Crippen molar-refractivity contribution in [3.8, 4) is 22.5 Å². The number of aromatic nitrogens is 8. The number of hydrogen-bond donors (Lipinski definition) is 1. The highest BCUT2D eigenvalue weighted by Gasteiger charge is 2.29. The van der Waals surface area contributed by atoms with Gasteiger partial charge in [0.2, 0.25) is 0 Å². The zero-order valence-corrected chi connectivity index (χ0v) is 41.3. The number of ether oxygens (including phenoxy) is 1. The number of fused-ring (bicyclic) bond motifs is 2. The fourth-order valence-electron chi connectivity index (χ4n) is 8.88. The number of carbonyl (C=O) groups excluding carboxylic acids is 1. The number of aryl methyl sites for hydroxylation is 2. The van der Waals surface area contributed by atoms with Gasteiger partial charge in [0.1, 0.15) is 23.3 Å². The Labute approximate surface area is 411 Å². The standard InChI is InChI=1S/C26H29FN6O2S.C24H25FN6O2S/c1-4-20-24(31(3)26-29-21(16-36-26)17-6-8-19(27)9-7-17)33-22(28-20)10-11-23(30-33)32-14-12-18(13-15-32)25(34)35-5-2;1-3-18-22(29(2)24-27-19(14-34-24)15-4-6-17(25)7-5-15)31-20(26-18)8-9-21(28-31)30-12-10-16(11-13-30)23(32)33/h6-11,16,18H,4-5,12-15H2,1-3H3;4-9,14,16H,3,10-13H2,1-2H3,(H,32,33). The average molecular weight is 989 g/mol. The molecule has 20 heteroatoms. The summed E-state index contributed by atoms with van der Waals surface area (Å²) in [7, 11) is 3.91. The number of hydrogen-bond acceptors (Lipinski definition) is 15. The van der Waals surface area contributed by atoms with Crippen molar-refractivity contribution in [3.63, 3.8) is 0 Å². The van der Waals surface area contributed by atoms with Gasteiger partial charge in [-0.25, -0.2) is 28.7 Å². The van der Waals surface area contributed by atoms with Crippen molar-refractivity contribution < 1.29 is 28.2 Å². The predicted molar refractivity (Wildman–Crippen MR) is 270 cm³/mol. The van der Waals surface area contributed by atoms with E-state index in [1.807, 2.05) is 74.9 Å². The van der Waals surface area contributed by atoms with E-state index in [-0.39, 0.29) is 29.4 Å². The van der Waals surface area contributed by atoms with Gasteiger partial charge >= 0.3 is 11.9 Å². The maximum Gasteiger partial charge on any atom is 0.309 e. The zero-order chi connectivity index (χ0) is 49.1. The first-order valence-corrected chi connectivity index (χ1v) is 25.3. The smallest absolute Gasteiger partial charge is 0.309 e. The molecule has 0 saturated carbocycles. The topological polar surface area (TPSA) is 163 Å². The number of rotatable bonds is 13. The summed E-state index contributed by atoms with van der Waals surface area (Å²) in [5, 5.41) is 24.6. The summed E-state index contributed by atoms with van der Waals surface area (Å²) in [4.78, 5) is 50.9. The second kappa shape index (κ2) is 20.9. The molecule has 2 fully saturated rings. The maximum atomic E-state index is 13.3. The number of imidazole rings is 2. The van der Waals surface area contributed by atoms with Crippen LogP contribution in [0, 0.1) is 23.5 Å². The normalized spacial score (nSPS) is 14.5. The summed E-state index contributed by atoms with van der Waals surface area (Å²) >= 11 is 3.02. The van der Waals surface area contributed by atoms with E-state index in [1.165, 1.54) is 46.9 Å². The minimum Gasteiger partial charge on any atom is -0.481 e. The van der Waals surface area contributed by atoms with Gasteiger partial charge in [0.15, 0.2) is 33.2 Å². The van der Waals surface area contributed by atoms with Gasteiger partial charge in [0.25, 0.3) is 0 Å². The van der Waals surface area contributed by atoms with Crippen molar-refractivity contribution in [2.75, 3.05) is 66.5 Å². The number of esters is 1. The molecule has 0 unspecified atom stereocenters. The van der Waals surface area contributed by atoms with Crippen molar-refractivity contribution in [2.45, 2.75) is 59.3 Å². The van der Waals surface area contributed by atoms with E-state index in [0.29, 0.717) is 32.5 Å². The van der Waals surface area contributed by atoms with Crippen LogP contribution in [0.2, 0.25) is 0 Å². The molecule has 0 aliphatic carbocycles. The summed E-state index contributed by atoms with van der Waals surface area (Å²) in [5.41, 5.74) is 6.67. The third kappa shape index (κ3) is 10.0. The summed E-state index contributed by atoms with van der Waals surface area (Å²) in [6, 6.07) is 20.5. The monoisotopic (exact) mass is 988 g/mol. The fourth-order valence-corrected chi connectivity index (χ4v) is 10.5. The van der Waals surface area contributed by atoms with Crippen LogP contribution in [0.15, 0.2) is 83.6 Å². The third-order valence-corrected chi connectivity index (χ3v) is 14.6. The van der Waals surface area contributed by atoms with E-state index in [0.717, 1.165) is 118 Å². The Bertz CT molecular complexity index is 3100. The van der Waals surface area contributed by atoms with Crippen LogP contribution in [0.25, 0.3) is 33.8 Å². The Morgan fingerprint density at radius 2 is 1.04 bits per heavy atom. The second-order valence-electron chi connectivity index (χ2n) is 17.2. The van der Waals surface area contributed by atoms with Crippen LogP contribution in [0.3, 0.4) is 0 Å². The van der Waals surface area contributed by atoms with Crippen molar-refractivity contribution in [3.05, 3.63) is 107 Å². The molecule has 0 radical (unpaired) electrons. The Kier molecular flexibility index (Phi) is 14.3. The molecule has 8 heterocycles. The second-order valence-corrected chi connectivity index (χ2v) is 18.8. The van der Waals surface area contributed by atoms with E-state index in [1.54, 1.807) is 24.3 Å². The van der Waals surface area contributed by atoms with Crippen LogP contribution in [-0.2, 0) is 27.2 Å². The molecule has 1 N–H and O–H groups in total. The van der Waals surface area contributed by atoms with Gasteiger partial charge in [-0.05, 0) is 118 Å². The van der Waals surface area contributed by atoms with Crippen LogP contribution in [0.5, 0.6) is 0 Å². The first-order valence-electron chi connectivity index (χ1n) is 23.5. The van der Waals surface area contributed by atoms with E-state index < -0.39 is 5.97 Å². The number of benzene rings is 2. The summed E-state index contributed by atoms with van der Waals surface area (Å²) in [5.74, 6) is 1.67. The van der Waals surface area contributed by atoms with Crippen LogP contribution in [-0.4, -0.2) is 103 Å². The number of carboxylic acids is 1. The molecule has 2 aliphatic rings. The summed E-state index contributed by atoms with van der Waals surface area (Å²) < 4.78 is 35.6. The lowest BCUT2D eigenvalue weighted by Crippen LogP contribution is -2.37. The van der Waals surface area contributed by atoms with Gasteiger partial charge in [0.05, 0.1) is 41.2 Å². The average Bonchev–Trinajstić information content (AvgIpc) is 4.22. The number of halogens is 2. The SMILES string of the molecule is CCOC(=O)C1CCN(c2ccc3nc(CC)c(N(C)c4nc(-c5ccc(F)cc5)cs4)n3n2)CC1.CCc1nc2ccc(N3CCC(C(=O)O)CC3)nn2c1N(C)c1nc(-c2ccc(F)cc2)cs1. The maximum absolute atomic E-state index is 13.3. The summed E-state index contributed by atoms with van der Waals surface area (Å²) in [6.07, 6.45) is 4.20. The van der Waals surface area contributed by atoms with Gasteiger partial charge in [-0.2, -0.15) is 9.03 Å². The number of thiazole rings is 2. The molecule has 0 bridgehead atoms. The van der Waals surface area contributed by atoms with Crippen LogP contribution < -0.4 is 19.6 Å². The predicted octanol–water partition coefficient (Wildman–Crippen LogP) is 9.72. The van der Waals surface area contributed by atoms with Gasteiger partial charge in [0, 0.05) is 62.2 Å². The number of carboxylic acid groups (broad SMARTS) is 1. The minimum absolute atomic E-state index is 0.0493. The molecular formula is C50H54F2N12O4S2. The molecule has 2 aromatic carbocycles. The zero-order valence-electron chi connectivity index (χ0n) is 39.6. The highest BCUT2D eigenvalue weighted by molar-refractivity contribution is 7.14. The highest BCUT2D eigenvalue weighted by atomic mass is 32.1. The van der Waals surface area contributed by atoms with Crippen LogP contribution in [0.1, 0.15) is 57.8 Å². The van der Waals surface area contributed by atoms with E-state index in [9.17, 15) is 23.5 Å². The van der Waals surface area contributed by atoms with Gasteiger partial charge in [-0.15, -0.1) is 32.9 Å². The Balaban J connectivity index is 0.000000174. The van der Waals surface area contributed by atoms with E-state index in [4.69, 9.17) is 34.9 Å². The molecule has 16 nitrogen and oxygen atoms in total. The molecule has 0 spiro atoms. The number of aliphatic carboxylic acids is 1. The molecule has 2 saturated heterocycles. The highest BCUT2D eigenvalue weighted by Crippen LogP contribution is 2.36. The summed E-state index contributed by atoms with van der Waals surface area (Å²) in [6.45, 7) is 9.19. The third-order valence-electron chi connectivity index (χ3n) is 12.8. The van der Waals surface area contributed by atoms with Gasteiger partial charge < -0.3 is 29.4 Å². The molecule has 0 atom stereocenters. The van der Waals surface area contributed by atoms with Crippen molar-refractivity contribution in [1.29, 1.82) is 0 Å². The molecule has 6 aromatic heterocycles. The number of piperidine rings is 2. The first-order chi connectivity index (χ1) is 33.9. The lowest BCUT2D eigenvalue weighted by atomic mass is 9.97. The Hall–Kier alpha value is -7.06. The van der Waals surface area contributed by atoms with Crippen molar-refractivity contribution >= 4 is 79.4 Å². The number of nitrogens with zero attached hydrogens (tertiary/aromatic N) is 12. The molecule has 364 valence electrons. The van der Waals surface area contributed by atoms with E-state index in [2.05, 4.69) is 23.6 Å².